The fraction of sp³-hybridized carbons (Fsp3) is 0.0952. The molecular formula is C21H19N3O2S2. The van der Waals surface area contributed by atoms with Crippen molar-refractivity contribution < 1.29 is 9.59 Å². The Hall–Kier alpha value is -3.03. The first-order valence-corrected chi connectivity index (χ1v) is 9.85. The molecule has 3 rings (SSSR count). The van der Waals surface area contributed by atoms with E-state index in [9.17, 15) is 9.59 Å². The Kier molecular flexibility index (Phi) is 6.18. The zero-order chi connectivity index (χ0) is 20.1. The first kappa shape index (κ1) is 19.7. The van der Waals surface area contributed by atoms with Crippen LogP contribution in [0.1, 0.15) is 31.2 Å². The Bertz CT molecular complexity index is 992. The van der Waals surface area contributed by atoms with Crippen molar-refractivity contribution in [2.45, 2.75) is 13.8 Å². The van der Waals surface area contributed by atoms with E-state index in [1.807, 2.05) is 43.5 Å². The Labute approximate surface area is 172 Å². The highest BCUT2D eigenvalue weighted by Crippen LogP contribution is 2.16. The Morgan fingerprint density at radius 1 is 0.857 bits per heavy atom. The molecule has 1 aromatic heterocycles. The van der Waals surface area contributed by atoms with Crippen LogP contribution >= 0.6 is 23.6 Å². The topological polar surface area (TPSA) is 70.2 Å². The maximum absolute atomic E-state index is 12.4. The fourth-order valence-electron chi connectivity index (χ4n) is 2.68. The highest BCUT2D eigenvalue weighted by molar-refractivity contribution is 7.80. The first-order chi connectivity index (χ1) is 13.4. The average Bonchev–Trinajstić information content (AvgIpc) is 3.17. The van der Waals surface area contributed by atoms with E-state index in [1.54, 1.807) is 30.3 Å². The lowest BCUT2D eigenvalue weighted by atomic mass is 10.1. The summed E-state index contributed by atoms with van der Waals surface area (Å²) in [5.74, 6) is -0.406. The van der Waals surface area contributed by atoms with E-state index in [2.05, 4.69) is 16.0 Å². The van der Waals surface area contributed by atoms with Crippen LogP contribution in [0.2, 0.25) is 0 Å². The molecule has 7 heteroatoms. The molecule has 28 heavy (non-hydrogen) atoms. The van der Waals surface area contributed by atoms with Gasteiger partial charge in [-0.2, -0.15) is 0 Å². The van der Waals surface area contributed by atoms with Gasteiger partial charge in [-0.3, -0.25) is 14.9 Å². The van der Waals surface area contributed by atoms with Crippen molar-refractivity contribution in [1.82, 2.24) is 5.32 Å². The normalized spacial score (nSPS) is 10.2. The lowest BCUT2D eigenvalue weighted by Gasteiger charge is -2.11. The number of amides is 2. The minimum absolute atomic E-state index is 0.146. The van der Waals surface area contributed by atoms with Crippen LogP contribution in [-0.4, -0.2) is 16.9 Å². The molecule has 0 aliphatic carbocycles. The van der Waals surface area contributed by atoms with Crippen LogP contribution in [0.5, 0.6) is 0 Å². The summed E-state index contributed by atoms with van der Waals surface area (Å²) in [6, 6.07) is 16.3. The molecule has 0 fully saturated rings. The van der Waals surface area contributed by atoms with Crippen LogP contribution in [0.25, 0.3) is 0 Å². The smallest absolute Gasteiger partial charge is 0.265 e. The molecular weight excluding hydrogens is 390 g/mol. The summed E-state index contributed by atoms with van der Waals surface area (Å²) in [7, 11) is 0. The molecule has 5 nitrogen and oxygen atoms in total. The van der Waals surface area contributed by atoms with Crippen molar-refractivity contribution >= 4 is 51.9 Å². The van der Waals surface area contributed by atoms with Crippen LogP contribution in [0, 0.1) is 13.8 Å². The molecule has 0 atom stereocenters. The van der Waals surface area contributed by atoms with Crippen LogP contribution < -0.4 is 16.0 Å². The van der Waals surface area contributed by atoms with E-state index in [1.165, 1.54) is 11.3 Å². The number of benzene rings is 2. The fourth-order valence-corrected chi connectivity index (χ4v) is 3.51. The molecule has 3 N–H and O–H groups in total. The second-order valence-electron chi connectivity index (χ2n) is 6.29. The molecule has 0 spiro atoms. The zero-order valence-electron chi connectivity index (χ0n) is 15.4. The molecule has 0 bridgehead atoms. The highest BCUT2D eigenvalue weighted by Gasteiger charge is 2.10. The molecule has 3 aromatic rings. The minimum Gasteiger partial charge on any atom is -0.332 e. The third kappa shape index (κ3) is 5.25. The molecule has 0 radical (unpaired) electrons. The molecule has 142 valence electrons. The standard InChI is InChI=1S/C21H19N3O2S2/c1-13-10-14(2)12-15(11-13)19(25)24-21(27)23-17-7-5-16(6-8-17)22-20(26)18-4-3-9-28-18/h3-12H,1-2H3,(H,22,26)(H2,23,24,25,27). The summed E-state index contributed by atoms with van der Waals surface area (Å²) < 4.78 is 0. The maximum atomic E-state index is 12.4. The van der Waals surface area contributed by atoms with Gasteiger partial charge in [0.15, 0.2) is 5.11 Å². The van der Waals surface area contributed by atoms with Gasteiger partial charge in [0.1, 0.15) is 0 Å². The number of hydrogen-bond donors (Lipinski definition) is 3. The number of carbonyl (C=O) groups excluding carboxylic acids is 2. The van der Waals surface area contributed by atoms with E-state index < -0.39 is 0 Å². The van der Waals surface area contributed by atoms with Gasteiger partial charge in [-0.15, -0.1) is 11.3 Å². The number of aryl methyl sites for hydroxylation is 2. The average molecular weight is 410 g/mol. The lowest BCUT2D eigenvalue weighted by molar-refractivity contribution is 0.0976. The summed E-state index contributed by atoms with van der Waals surface area (Å²) in [6.45, 7) is 3.89. The number of rotatable bonds is 4. The van der Waals surface area contributed by atoms with Gasteiger partial charge >= 0.3 is 0 Å². The van der Waals surface area contributed by atoms with Gasteiger partial charge < -0.3 is 10.6 Å². The highest BCUT2D eigenvalue weighted by atomic mass is 32.1. The number of hydrogen-bond acceptors (Lipinski definition) is 4. The molecule has 0 aliphatic rings. The van der Waals surface area contributed by atoms with E-state index >= 15 is 0 Å². The maximum Gasteiger partial charge on any atom is 0.265 e. The third-order valence-electron chi connectivity index (χ3n) is 3.86. The summed E-state index contributed by atoms with van der Waals surface area (Å²) in [5.41, 5.74) is 3.98. The first-order valence-electron chi connectivity index (χ1n) is 8.56. The Balaban J connectivity index is 1.56. The van der Waals surface area contributed by atoms with Crippen molar-refractivity contribution in [3.63, 3.8) is 0 Å². The van der Waals surface area contributed by atoms with Gasteiger partial charge in [0.05, 0.1) is 4.88 Å². The number of thiophene rings is 1. The SMILES string of the molecule is Cc1cc(C)cc(C(=O)NC(=S)Nc2ccc(NC(=O)c3cccs3)cc2)c1. The number of anilines is 2. The van der Waals surface area contributed by atoms with Gasteiger partial charge in [0, 0.05) is 16.9 Å². The summed E-state index contributed by atoms with van der Waals surface area (Å²) in [5, 5.41) is 10.5. The van der Waals surface area contributed by atoms with Crippen molar-refractivity contribution in [2.75, 3.05) is 10.6 Å². The second-order valence-corrected chi connectivity index (χ2v) is 7.65. The van der Waals surface area contributed by atoms with Gasteiger partial charge in [0.2, 0.25) is 0 Å². The minimum atomic E-state index is -0.260. The number of nitrogens with one attached hydrogen (secondary N) is 3. The van der Waals surface area contributed by atoms with Crippen LogP contribution in [0.3, 0.4) is 0 Å². The molecule has 0 saturated heterocycles. The Morgan fingerprint density at radius 3 is 2.04 bits per heavy atom. The lowest BCUT2D eigenvalue weighted by Crippen LogP contribution is -2.34. The van der Waals surface area contributed by atoms with Gasteiger partial charge in [-0.05, 0) is 73.9 Å². The predicted molar refractivity (Wildman–Crippen MR) is 118 cm³/mol. The molecule has 0 unspecified atom stereocenters. The molecule has 0 saturated carbocycles. The van der Waals surface area contributed by atoms with Gasteiger partial charge in [-0.25, -0.2) is 0 Å². The predicted octanol–water partition coefficient (Wildman–Crippen LogP) is 4.74. The van der Waals surface area contributed by atoms with E-state index in [0.717, 1.165) is 11.1 Å². The number of carbonyl (C=O) groups is 2. The van der Waals surface area contributed by atoms with Gasteiger partial charge in [0.25, 0.3) is 11.8 Å². The zero-order valence-corrected chi connectivity index (χ0v) is 17.0. The van der Waals surface area contributed by atoms with Crippen molar-refractivity contribution in [2.24, 2.45) is 0 Å². The molecule has 2 aromatic carbocycles. The van der Waals surface area contributed by atoms with Gasteiger partial charge in [-0.1, -0.05) is 23.3 Å². The van der Waals surface area contributed by atoms with Crippen LogP contribution in [-0.2, 0) is 0 Å². The quantitative estimate of drug-likeness (QED) is 0.544. The second kappa shape index (κ2) is 8.77. The summed E-state index contributed by atoms with van der Waals surface area (Å²) in [4.78, 5) is 25.1. The van der Waals surface area contributed by atoms with E-state index in [4.69, 9.17) is 12.2 Å². The monoisotopic (exact) mass is 409 g/mol. The van der Waals surface area contributed by atoms with E-state index in [-0.39, 0.29) is 16.9 Å². The Morgan fingerprint density at radius 2 is 1.46 bits per heavy atom. The van der Waals surface area contributed by atoms with Crippen molar-refractivity contribution in [1.29, 1.82) is 0 Å². The summed E-state index contributed by atoms with van der Waals surface area (Å²) in [6.07, 6.45) is 0. The van der Waals surface area contributed by atoms with Crippen molar-refractivity contribution in [3.05, 3.63) is 81.5 Å². The van der Waals surface area contributed by atoms with Crippen LogP contribution in [0.15, 0.2) is 60.0 Å². The molecule has 2 amide bonds. The van der Waals surface area contributed by atoms with E-state index in [0.29, 0.717) is 21.8 Å². The summed E-state index contributed by atoms with van der Waals surface area (Å²) >= 11 is 6.61. The number of thiocarbonyl (C=S) groups is 1. The molecule has 0 aliphatic heterocycles. The van der Waals surface area contributed by atoms with Crippen LogP contribution in [0.4, 0.5) is 11.4 Å². The third-order valence-corrected chi connectivity index (χ3v) is 4.93. The molecule has 1 heterocycles. The van der Waals surface area contributed by atoms with Crippen molar-refractivity contribution in [3.8, 4) is 0 Å². The largest absolute Gasteiger partial charge is 0.332 e.